The second-order valence-electron chi connectivity index (χ2n) is 7.22. The molecule has 2 aromatic rings. The van der Waals surface area contributed by atoms with E-state index >= 15 is 0 Å². The topological polar surface area (TPSA) is 6.48 Å². The molecule has 0 bridgehead atoms. The van der Waals surface area contributed by atoms with Gasteiger partial charge in [0.05, 0.1) is 0 Å². The maximum absolute atomic E-state index is 2.67. The summed E-state index contributed by atoms with van der Waals surface area (Å²) < 4.78 is 0. The lowest BCUT2D eigenvalue weighted by Crippen LogP contribution is -2.32. The van der Waals surface area contributed by atoms with Crippen LogP contribution in [0.1, 0.15) is 30.4 Å². The van der Waals surface area contributed by atoms with Crippen molar-refractivity contribution in [3.63, 3.8) is 0 Å². The molecule has 0 aromatic heterocycles. The molecule has 0 N–H and O–H groups in total. The van der Waals surface area contributed by atoms with Crippen molar-refractivity contribution in [2.24, 2.45) is 0 Å². The molecule has 1 heterocycles. The molecule has 25 heavy (non-hydrogen) atoms. The van der Waals surface area contributed by atoms with Gasteiger partial charge in [0.2, 0.25) is 0 Å². The van der Waals surface area contributed by atoms with Gasteiger partial charge >= 0.3 is 0 Å². The first-order valence-electron chi connectivity index (χ1n) is 9.93. The minimum atomic E-state index is 1.21. The Balaban J connectivity index is 1.31. The van der Waals surface area contributed by atoms with Crippen molar-refractivity contribution in [2.45, 2.75) is 32.1 Å². The summed E-state index contributed by atoms with van der Waals surface area (Å²) in [6, 6.07) is 21.8. The van der Waals surface area contributed by atoms with Crippen LogP contribution in [0.5, 0.6) is 0 Å². The smallest absolute Gasteiger partial charge is 0.0109 e. The minimum absolute atomic E-state index is 1.21. The molecule has 0 amide bonds. The van der Waals surface area contributed by atoms with Crippen molar-refractivity contribution in [3.05, 3.63) is 71.8 Å². The molecule has 1 saturated heterocycles. The van der Waals surface area contributed by atoms with Gasteiger partial charge in [-0.2, -0.15) is 0 Å². The number of rotatable bonds is 8. The Bertz CT molecular complexity index is 528. The van der Waals surface area contributed by atoms with Crippen LogP contribution < -0.4 is 0 Å². The average Bonchev–Trinajstić information content (AvgIpc) is 2.89. The molecule has 0 atom stereocenters. The molecule has 0 unspecified atom stereocenters. The first-order chi connectivity index (χ1) is 12.4. The zero-order chi connectivity index (χ0) is 17.2. The predicted octanol–water partition coefficient (Wildman–Crippen LogP) is 4.26. The summed E-state index contributed by atoms with van der Waals surface area (Å²) in [5.74, 6) is 0. The fourth-order valence-corrected chi connectivity index (χ4v) is 3.77. The maximum Gasteiger partial charge on any atom is 0.0109 e. The van der Waals surface area contributed by atoms with Crippen LogP contribution in [0.4, 0.5) is 0 Å². The monoisotopic (exact) mass is 336 g/mol. The number of hydrogen-bond donors (Lipinski definition) is 0. The summed E-state index contributed by atoms with van der Waals surface area (Å²) >= 11 is 0. The number of hydrogen-bond acceptors (Lipinski definition) is 2. The molecular formula is C23H32N2. The largest absolute Gasteiger partial charge is 0.302 e. The van der Waals surface area contributed by atoms with Crippen LogP contribution in [0.15, 0.2) is 60.7 Å². The van der Waals surface area contributed by atoms with E-state index in [1.165, 1.54) is 82.5 Å². The Hall–Kier alpha value is -1.64. The van der Waals surface area contributed by atoms with Gasteiger partial charge in [0, 0.05) is 13.1 Å². The van der Waals surface area contributed by atoms with Crippen molar-refractivity contribution in [3.8, 4) is 0 Å². The van der Waals surface area contributed by atoms with E-state index in [9.17, 15) is 0 Å². The van der Waals surface area contributed by atoms with E-state index in [1.54, 1.807) is 0 Å². The van der Waals surface area contributed by atoms with Gasteiger partial charge in [-0.1, -0.05) is 60.7 Å². The first-order valence-corrected chi connectivity index (χ1v) is 9.93. The lowest BCUT2D eigenvalue weighted by molar-refractivity contribution is 0.253. The van der Waals surface area contributed by atoms with Crippen LogP contribution in [0.2, 0.25) is 0 Å². The molecule has 3 rings (SSSR count). The molecule has 2 aromatic carbocycles. The molecule has 0 radical (unpaired) electrons. The van der Waals surface area contributed by atoms with Crippen molar-refractivity contribution < 1.29 is 0 Å². The number of benzene rings is 2. The highest BCUT2D eigenvalue weighted by molar-refractivity contribution is 5.15. The summed E-state index contributed by atoms with van der Waals surface area (Å²) in [5.41, 5.74) is 2.94. The molecule has 1 aliphatic rings. The second kappa shape index (κ2) is 10.4. The van der Waals surface area contributed by atoms with Crippen LogP contribution >= 0.6 is 0 Å². The summed E-state index contributed by atoms with van der Waals surface area (Å²) in [4.78, 5) is 5.33. The molecule has 1 fully saturated rings. The van der Waals surface area contributed by atoms with Gasteiger partial charge in [0.25, 0.3) is 0 Å². The minimum Gasteiger partial charge on any atom is -0.302 e. The molecular weight excluding hydrogens is 304 g/mol. The second-order valence-corrected chi connectivity index (χ2v) is 7.22. The van der Waals surface area contributed by atoms with E-state index in [0.29, 0.717) is 0 Å². The van der Waals surface area contributed by atoms with Gasteiger partial charge in [-0.15, -0.1) is 0 Å². The SMILES string of the molecule is c1ccc(CCCN2CCCN(CCCc3ccccc3)CC2)cc1. The summed E-state index contributed by atoms with van der Waals surface area (Å²) in [6.45, 7) is 7.49. The van der Waals surface area contributed by atoms with Crippen LogP contribution in [0.3, 0.4) is 0 Å². The third-order valence-electron chi connectivity index (χ3n) is 5.25. The Morgan fingerprint density at radius 2 is 1.00 bits per heavy atom. The summed E-state index contributed by atoms with van der Waals surface area (Å²) in [6.07, 6.45) is 6.28. The van der Waals surface area contributed by atoms with Crippen LogP contribution in [0, 0.1) is 0 Å². The van der Waals surface area contributed by atoms with Gasteiger partial charge in [-0.3, -0.25) is 0 Å². The van der Waals surface area contributed by atoms with Crippen molar-refractivity contribution in [1.29, 1.82) is 0 Å². The first kappa shape index (κ1) is 18.2. The molecule has 134 valence electrons. The highest BCUT2D eigenvalue weighted by Crippen LogP contribution is 2.09. The van der Waals surface area contributed by atoms with Crippen LogP contribution in [-0.4, -0.2) is 49.1 Å². The lowest BCUT2D eigenvalue weighted by Gasteiger charge is -2.21. The lowest BCUT2D eigenvalue weighted by atomic mass is 10.1. The van der Waals surface area contributed by atoms with Gasteiger partial charge in [0.15, 0.2) is 0 Å². The van der Waals surface area contributed by atoms with Crippen molar-refractivity contribution in [2.75, 3.05) is 39.3 Å². The van der Waals surface area contributed by atoms with E-state index in [1.807, 2.05) is 0 Å². The van der Waals surface area contributed by atoms with E-state index in [2.05, 4.69) is 70.5 Å². The van der Waals surface area contributed by atoms with Gasteiger partial charge in [-0.05, 0) is 69.4 Å². The Morgan fingerprint density at radius 3 is 1.44 bits per heavy atom. The molecule has 0 saturated carbocycles. The van der Waals surface area contributed by atoms with E-state index in [-0.39, 0.29) is 0 Å². The van der Waals surface area contributed by atoms with Crippen LogP contribution in [0.25, 0.3) is 0 Å². The van der Waals surface area contributed by atoms with Gasteiger partial charge in [0.1, 0.15) is 0 Å². The zero-order valence-electron chi connectivity index (χ0n) is 15.4. The fraction of sp³-hybridized carbons (Fsp3) is 0.478. The highest BCUT2D eigenvalue weighted by atomic mass is 15.2. The van der Waals surface area contributed by atoms with E-state index < -0.39 is 0 Å². The molecule has 1 aliphatic heterocycles. The van der Waals surface area contributed by atoms with Crippen LogP contribution in [-0.2, 0) is 12.8 Å². The average molecular weight is 337 g/mol. The third kappa shape index (κ3) is 6.64. The predicted molar refractivity (Wildman–Crippen MR) is 107 cm³/mol. The fourth-order valence-electron chi connectivity index (χ4n) is 3.77. The molecule has 0 spiro atoms. The Kier molecular flexibility index (Phi) is 7.54. The standard InChI is InChI=1S/C23H32N2/c1-3-10-22(11-4-1)14-7-16-24-18-9-19-25(21-20-24)17-8-15-23-12-5-2-6-13-23/h1-6,10-13H,7-9,14-21H2. The number of aryl methyl sites for hydroxylation is 2. The maximum atomic E-state index is 2.67. The zero-order valence-corrected chi connectivity index (χ0v) is 15.4. The summed E-state index contributed by atoms with van der Waals surface area (Å²) in [5, 5.41) is 0. The quantitative estimate of drug-likeness (QED) is 0.711. The Morgan fingerprint density at radius 1 is 0.560 bits per heavy atom. The summed E-state index contributed by atoms with van der Waals surface area (Å²) in [7, 11) is 0. The van der Waals surface area contributed by atoms with E-state index in [0.717, 1.165) is 0 Å². The molecule has 0 aliphatic carbocycles. The third-order valence-corrected chi connectivity index (χ3v) is 5.25. The molecule has 2 heteroatoms. The van der Waals surface area contributed by atoms with Crippen molar-refractivity contribution >= 4 is 0 Å². The van der Waals surface area contributed by atoms with E-state index in [4.69, 9.17) is 0 Å². The number of nitrogens with zero attached hydrogens (tertiary/aromatic N) is 2. The Labute approximate surface area is 153 Å². The molecule has 2 nitrogen and oxygen atoms in total. The van der Waals surface area contributed by atoms with Gasteiger partial charge in [-0.25, -0.2) is 0 Å². The highest BCUT2D eigenvalue weighted by Gasteiger charge is 2.14. The van der Waals surface area contributed by atoms with Gasteiger partial charge < -0.3 is 9.80 Å². The van der Waals surface area contributed by atoms with Crippen molar-refractivity contribution in [1.82, 2.24) is 9.80 Å². The normalized spacial score (nSPS) is 16.6.